The van der Waals surface area contributed by atoms with Gasteiger partial charge in [-0.1, -0.05) is 23.7 Å². The van der Waals surface area contributed by atoms with E-state index in [2.05, 4.69) is 10.5 Å². The highest BCUT2D eigenvalue weighted by Gasteiger charge is 2.20. The molecule has 0 bridgehead atoms. The van der Waals surface area contributed by atoms with Gasteiger partial charge in [0, 0.05) is 10.9 Å². The summed E-state index contributed by atoms with van der Waals surface area (Å²) in [5, 5.41) is 14.7. The van der Waals surface area contributed by atoms with E-state index in [0.717, 1.165) is 4.88 Å². The molecule has 0 spiro atoms. The largest absolute Gasteiger partial charge is 0.474 e. The normalized spacial score (nSPS) is 12.1. The van der Waals surface area contributed by atoms with Gasteiger partial charge in [0.25, 0.3) is 5.91 Å². The van der Waals surface area contributed by atoms with Crippen LogP contribution in [0.25, 0.3) is 0 Å². The van der Waals surface area contributed by atoms with Crippen molar-refractivity contribution in [1.29, 1.82) is 0 Å². The lowest BCUT2D eigenvalue weighted by Crippen LogP contribution is -2.33. The molecule has 0 aliphatic carbocycles. The van der Waals surface area contributed by atoms with Crippen molar-refractivity contribution < 1.29 is 14.5 Å². The number of carbonyl (C=O) groups is 1. The summed E-state index contributed by atoms with van der Waals surface area (Å²) < 4.78 is 5.95. The minimum absolute atomic E-state index is 0.0224. The van der Waals surface area contributed by atoms with Gasteiger partial charge in [0.05, 0.1) is 15.5 Å². The molecule has 0 fully saturated rings. The summed E-state index contributed by atoms with van der Waals surface area (Å²) in [7, 11) is 0. The summed E-state index contributed by atoms with van der Waals surface area (Å²) in [5.41, 5.74) is 2.10. The summed E-state index contributed by atoms with van der Waals surface area (Å²) in [6, 6.07) is 9.32. The molecule has 1 N–H and O–H groups in total. The fourth-order valence-electron chi connectivity index (χ4n) is 1.60. The van der Waals surface area contributed by atoms with Crippen LogP contribution in [0.2, 0.25) is 4.34 Å². The summed E-state index contributed by atoms with van der Waals surface area (Å²) in [4.78, 5) is 23.0. The lowest BCUT2D eigenvalue weighted by atomic mass is 10.3. The molecule has 23 heavy (non-hydrogen) atoms. The average Bonchev–Trinajstić information content (AvgIpc) is 2.93. The minimum Gasteiger partial charge on any atom is -0.474 e. The fraction of sp³-hybridized carbons (Fsp3) is 0.143. The van der Waals surface area contributed by atoms with E-state index in [1.165, 1.54) is 42.7 Å². The van der Waals surface area contributed by atoms with Gasteiger partial charge >= 0.3 is 5.69 Å². The number of nitrogens with one attached hydrogen (secondary N) is 1. The quantitative estimate of drug-likeness (QED) is 0.490. The molecule has 120 valence electrons. The third-order valence-corrected chi connectivity index (χ3v) is 3.86. The van der Waals surface area contributed by atoms with Gasteiger partial charge in [-0.3, -0.25) is 14.9 Å². The van der Waals surface area contributed by atoms with Crippen LogP contribution in [0, 0.1) is 10.1 Å². The second-order valence-electron chi connectivity index (χ2n) is 4.36. The standard InChI is InChI=1S/C14H12ClN3O4S/c1-9(22-12-5-3-2-4-11(12)18(20)21)14(19)17-16-8-10-6-7-13(15)23-10/h2-9H,1H3,(H,17,19)/b16-8-/t9-/m1/s1. The van der Waals surface area contributed by atoms with Gasteiger partial charge in [-0.05, 0) is 25.1 Å². The second-order valence-corrected chi connectivity index (χ2v) is 6.11. The van der Waals surface area contributed by atoms with Crippen molar-refractivity contribution in [2.45, 2.75) is 13.0 Å². The summed E-state index contributed by atoms with van der Waals surface area (Å²) in [5.74, 6) is -0.503. The zero-order chi connectivity index (χ0) is 16.8. The van der Waals surface area contributed by atoms with Crippen LogP contribution < -0.4 is 10.2 Å². The number of thiophene rings is 1. The molecular formula is C14H12ClN3O4S. The van der Waals surface area contributed by atoms with Crippen molar-refractivity contribution in [3.8, 4) is 5.75 Å². The highest BCUT2D eigenvalue weighted by Crippen LogP contribution is 2.26. The lowest BCUT2D eigenvalue weighted by Gasteiger charge is -2.12. The monoisotopic (exact) mass is 353 g/mol. The van der Waals surface area contributed by atoms with Crippen molar-refractivity contribution in [2.75, 3.05) is 0 Å². The Morgan fingerprint density at radius 1 is 1.43 bits per heavy atom. The van der Waals surface area contributed by atoms with Crippen LogP contribution in [-0.2, 0) is 4.79 Å². The van der Waals surface area contributed by atoms with Crippen molar-refractivity contribution >= 4 is 40.7 Å². The molecule has 2 rings (SSSR count). The molecule has 2 aromatic rings. The van der Waals surface area contributed by atoms with E-state index < -0.39 is 16.9 Å². The Bertz CT molecular complexity index is 747. The van der Waals surface area contributed by atoms with Gasteiger partial charge in [-0.25, -0.2) is 5.43 Å². The fourth-order valence-corrected chi connectivity index (χ4v) is 2.53. The molecule has 1 aromatic carbocycles. The maximum absolute atomic E-state index is 11.9. The lowest BCUT2D eigenvalue weighted by molar-refractivity contribution is -0.386. The topological polar surface area (TPSA) is 93.8 Å². The number of nitro benzene ring substituents is 1. The van der Waals surface area contributed by atoms with E-state index in [4.69, 9.17) is 16.3 Å². The molecule has 1 heterocycles. The van der Waals surface area contributed by atoms with Crippen molar-refractivity contribution in [1.82, 2.24) is 5.43 Å². The molecule has 1 amide bonds. The zero-order valence-corrected chi connectivity index (χ0v) is 13.5. The first-order valence-electron chi connectivity index (χ1n) is 6.45. The van der Waals surface area contributed by atoms with E-state index in [-0.39, 0.29) is 11.4 Å². The Hall–Kier alpha value is -2.45. The van der Waals surface area contributed by atoms with E-state index >= 15 is 0 Å². The number of ether oxygens (including phenoxy) is 1. The van der Waals surface area contributed by atoms with Gasteiger partial charge in [0.2, 0.25) is 0 Å². The summed E-state index contributed by atoms with van der Waals surface area (Å²) in [6.07, 6.45) is 0.506. The third kappa shape index (κ3) is 4.76. The molecule has 0 unspecified atom stereocenters. The molecule has 7 nitrogen and oxygen atoms in total. The minimum atomic E-state index is -0.944. The number of hydrogen-bond acceptors (Lipinski definition) is 6. The smallest absolute Gasteiger partial charge is 0.310 e. The van der Waals surface area contributed by atoms with Crippen LogP contribution in [0.3, 0.4) is 0 Å². The summed E-state index contributed by atoms with van der Waals surface area (Å²) in [6.45, 7) is 1.48. The highest BCUT2D eigenvalue weighted by molar-refractivity contribution is 7.17. The maximum atomic E-state index is 11.9. The average molecular weight is 354 g/mol. The Labute approximate surface area is 140 Å². The van der Waals surface area contributed by atoms with E-state index in [1.54, 1.807) is 18.2 Å². The number of benzene rings is 1. The predicted octanol–water partition coefficient (Wildman–Crippen LogP) is 3.23. The van der Waals surface area contributed by atoms with Crippen molar-refractivity contribution in [3.05, 3.63) is 55.7 Å². The van der Waals surface area contributed by atoms with Crippen LogP contribution in [-0.4, -0.2) is 23.1 Å². The van der Waals surface area contributed by atoms with Gasteiger partial charge in [-0.2, -0.15) is 5.10 Å². The highest BCUT2D eigenvalue weighted by atomic mass is 35.5. The van der Waals surface area contributed by atoms with Gasteiger partial charge < -0.3 is 4.74 Å². The summed E-state index contributed by atoms with van der Waals surface area (Å²) >= 11 is 7.09. The van der Waals surface area contributed by atoms with E-state index in [0.29, 0.717) is 4.34 Å². The Morgan fingerprint density at radius 3 is 2.83 bits per heavy atom. The van der Waals surface area contributed by atoms with Crippen molar-refractivity contribution in [3.63, 3.8) is 0 Å². The first-order valence-corrected chi connectivity index (χ1v) is 7.65. The molecule has 0 radical (unpaired) electrons. The Kier molecular flexibility index (Phi) is 5.67. The molecule has 9 heteroatoms. The number of rotatable bonds is 6. The second kappa shape index (κ2) is 7.70. The van der Waals surface area contributed by atoms with Gasteiger partial charge in [0.1, 0.15) is 0 Å². The molecule has 0 aliphatic rings. The third-order valence-electron chi connectivity index (χ3n) is 2.70. The number of amides is 1. The maximum Gasteiger partial charge on any atom is 0.310 e. The van der Waals surface area contributed by atoms with Crippen LogP contribution in [0.5, 0.6) is 5.75 Å². The predicted molar refractivity (Wildman–Crippen MR) is 88.3 cm³/mol. The molecular weight excluding hydrogens is 342 g/mol. The molecule has 0 aliphatic heterocycles. The number of hydrazone groups is 1. The first-order chi connectivity index (χ1) is 11.0. The van der Waals surface area contributed by atoms with Gasteiger partial charge in [-0.15, -0.1) is 11.3 Å². The molecule has 0 saturated heterocycles. The van der Waals surface area contributed by atoms with Crippen molar-refractivity contribution in [2.24, 2.45) is 5.10 Å². The number of para-hydroxylation sites is 2. The Balaban J connectivity index is 1.95. The van der Waals surface area contributed by atoms with E-state index in [1.807, 2.05) is 0 Å². The number of nitrogens with zero attached hydrogens (tertiary/aromatic N) is 2. The molecule has 0 saturated carbocycles. The number of hydrogen-bond donors (Lipinski definition) is 1. The number of halogens is 1. The van der Waals surface area contributed by atoms with E-state index in [9.17, 15) is 14.9 Å². The first kappa shape index (κ1) is 16.9. The van der Waals surface area contributed by atoms with Crippen LogP contribution >= 0.6 is 22.9 Å². The zero-order valence-electron chi connectivity index (χ0n) is 11.9. The van der Waals surface area contributed by atoms with Gasteiger partial charge in [0.15, 0.2) is 11.9 Å². The SMILES string of the molecule is C[C@@H](Oc1ccccc1[N+](=O)[O-])C(=O)N/N=C\c1ccc(Cl)s1. The van der Waals surface area contributed by atoms with Crippen LogP contribution in [0.15, 0.2) is 41.5 Å². The molecule has 1 aromatic heterocycles. The number of nitro groups is 1. The van der Waals surface area contributed by atoms with Crippen LogP contribution in [0.1, 0.15) is 11.8 Å². The van der Waals surface area contributed by atoms with Crippen LogP contribution in [0.4, 0.5) is 5.69 Å². The molecule has 1 atom stereocenters. The Morgan fingerprint density at radius 2 is 2.17 bits per heavy atom. The number of carbonyl (C=O) groups excluding carboxylic acids is 1.